The van der Waals surface area contributed by atoms with E-state index >= 15 is 0 Å². The Labute approximate surface area is 788 Å². The molecule has 0 spiro atoms. The Morgan fingerprint density at radius 3 is 1.20 bits per heavy atom. The first kappa shape index (κ1) is 93.0. The third-order valence-corrected chi connectivity index (χ3v) is 28.4. The van der Waals surface area contributed by atoms with Gasteiger partial charge in [0.1, 0.15) is 54.9 Å². The molecule has 3 aromatic heterocycles. The van der Waals surface area contributed by atoms with Crippen LogP contribution in [0.1, 0.15) is 73.3 Å². The molecule has 10 aliphatic heterocycles. The number of aromatic nitrogens is 6. The number of piperazine rings is 3. The molecule has 4 unspecified atom stereocenters. The second kappa shape index (κ2) is 41.3. The molecular formula is C99H109Cl3F3N21O7. The van der Waals surface area contributed by atoms with Crippen LogP contribution in [0.4, 0.5) is 47.7 Å². The number of nitrogens with zero attached hydrogens (tertiary/aromatic N) is 21. The number of ether oxygens (including phenoxy) is 4. The van der Waals surface area contributed by atoms with Crippen molar-refractivity contribution >= 4 is 119 Å². The third kappa shape index (κ3) is 20.2. The number of carbonyl (C=O) groups excluding carboxylic acids is 3. The lowest BCUT2D eigenvalue weighted by molar-refractivity contribution is -0.131. The predicted molar refractivity (Wildman–Crippen MR) is 512 cm³/mol. The fourth-order valence-electron chi connectivity index (χ4n) is 20.8. The Kier molecular flexibility index (Phi) is 28.9. The van der Waals surface area contributed by atoms with Gasteiger partial charge in [0.05, 0.1) is 65.0 Å². The summed E-state index contributed by atoms with van der Waals surface area (Å²) in [4.78, 5) is 102. The first-order valence-electron chi connectivity index (χ1n) is 45.8. The van der Waals surface area contributed by atoms with Gasteiger partial charge in [0.2, 0.25) is 19.6 Å². The summed E-state index contributed by atoms with van der Waals surface area (Å²) in [5.74, 6) is -2.60. The van der Waals surface area contributed by atoms with Crippen LogP contribution >= 0.6 is 34.8 Å². The number of anilines is 6. The van der Waals surface area contributed by atoms with Gasteiger partial charge in [-0.05, 0) is 131 Å². The van der Waals surface area contributed by atoms with Crippen molar-refractivity contribution in [3.8, 4) is 18.0 Å². The van der Waals surface area contributed by atoms with Gasteiger partial charge >= 0.3 is 18.0 Å². The van der Waals surface area contributed by atoms with E-state index in [2.05, 4.69) is 160 Å². The van der Waals surface area contributed by atoms with Crippen molar-refractivity contribution in [1.29, 1.82) is 0 Å². The number of hydrogen-bond donors (Lipinski definition) is 0. The number of hydrogen-bond acceptors (Lipinski definition) is 22. The maximum Gasteiger partial charge on any atom is 0.318 e. The van der Waals surface area contributed by atoms with Gasteiger partial charge in [0.15, 0.2) is 17.5 Å². The van der Waals surface area contributed by atoms with E-state index in [1.807, 2.05) is 48.5 Å². The van der Waals surface area contributed by atoms with Crippen LogP contribution < -0.4 is 43.6 Å². The lowest BCUT2D eigenvalue weighted by atomic mass is 9.99. The van der Waals surface area contributed by atoms with Gasteiger partial charge < -0.3 is 82.5 Å². The number of benzene rings is 6. The summed E-state index contributed by atoms with van der Waals surface area (Å²) in [6, 6.07) is 37.3. The summed E-state index contributed by atoms with van der Waals surface area (Å²) >= 11 is 20.1. The number of likely N-dealkylation sites (tertiary alicyclic amines) is 1. The molecule has 28 nitrogen and oxygen atoms in total. The Bertz CT molecular complexity index is 5830. The number of amides is 3. The monoisotopic (exact) mass is 1870 g/mol. The molecule has 0 saturated carbocycles. The van der Waals surface area contributed by atoms with E-state index in [9.17, 15) is 27.6 Å². The van der Waals surface area contributed by atoms with Crippen molar-refractivity contribution in [2.75, 3.05) is 194 Å². The highest BCUT2D eigenvalue weighted by Crippen LogP contribution is 2.44. The number of halogens is 6. The molecule has 7 fully saturated rings. The Morgan fingerprint density at radius 1 is 0.451 bits per heavy atom. The van der Waals surface area contributed by atoms with Crippen LogP contribution in [-0.4, -0.2) is 284 Å². The van der Waals surface area contributed by atoms with E-state index in [0.29, 0.717) is 156 Å². The van der Waals surface area contributed by atoms with E-state index in [1.165, 1.54) is 34.1 Å². The zero-order valence-electron chi connectivity index (χ0n) is 75.2. The number of fused-ring (bicyclic) bond motifs is 7. The minimum absolute atomic E-state index is 0.0499. The zero-order chi connectivity index (χ0) is 92.8. The van der Waals surface area contributed by atoms with E-state index in [4.69, 9.17) is 103 Å². The third-order valence-electron chi connectivity index (χ3n) is 27.5. The number of rotatable bonds is 22. The van der Waals surface area contributed by atoms with Crippen molar-refractivity contribution in [1.82, 2.24) is 59.3 Å². The lowest BCUT2D eigenvalue weighted by Gasteiger charge is -2.43. The first-order chi connectivity index (χ1) is 64.5. The van der Waals surface area contributed by atoms with Gasteiger partial charge in [-0.15, -0.1) is 0 Å². The highest BCUT2D eigenvalue weighted by molar-refractivity contribution is 6.37. The molecule has 10 aliphatic rings. The highest BCUT2D eigenvalue weighted by Gasteiger charge is 2.43. The molecule has 7 atom stereocenters. The van der Waals surface area contributed by atoms with Crippen molar-refractivity contribution in [2.45, 2.75) is 121 Å². The van der Waals surface area contributed by atoms with Crippen LogP contribution in [-0.2, 0) is 58.0 Å². The van der Waals surface area contributed by atoms with Crippen LogP contribution in [0, 0.1) is 25.6 Å². The van der Waals surface area contributed by atoms with Crippen LogP contribution in [0.25, 0.3) is 46.9 Å². The standard InChI is InChI=1S/C34H37ClFN7O2.C33H37ClFN7O2.C32H35ClFN7O3/c1-22(36)33(44)43-17-16-42(19-25(43)18-37-2)32-26-12-15-41(30-9-4-7-23-6-3-8-27(35)31(23)30)20-28(26)38-34(39-32)45-21-24-11-14-40-13-5-10-29(24)40;1-21(2)41-14-11-24(41)20-44-33-37-28-19-39(29-10-6-8-23-7-5-9-27(34)30(23)29)13-12-26(28)31(38-33)40-15-16-42(32(43)22(3)35)25(18-40)17-36-4;1-21(34)31(42)41-13-12-40(17-23(41)16-35-2)30-25-10-11-39(28-9-5-7-22-6-4-8-26(33)29(22)28)19-27(25)36-32(37-30)44-20-24-18-38(3)14-15-43-24/h3-4,6-9,24-25,29H,1,5,10-21H2;5-10,21,24-25H,3,11-20H2,1-2H3;4-9,23-24H,1,10-20H2,3H3/t24?,25-,29?;24?,25-;23-,24?/m000/s1. The van der Waals surface area contributed by atoms with Gasteiger partial charge in [-0.2, -0.15) is 29.9 Å². The summed E-state index contributed by atoms with van der Waals surface area (Å²) in [5.41, 5.74) is 8.87. The molecule has 0 N–H and O–H groups in total. The van der Waals surface area contributed by atoms with E-state index in [-0.39, 0.29) is 51.4 Å². The van der Waals surface area contributed by atoms with Gasteiger partial charge in [-0.1, -0.05) is 127 Å². The molecule has 6 aromatic carbocycles. The molecule has 0 bridgehead atoms. The maximum absolute atomic E-state index is 13.9. The van der Waals surface area contributed by atoms with Gasteiger partial charge in [-0.25, -0.2) is 32.9 Å². The molecular weight excluding hydrogens is 1760 g/mol. The lowest BCUT2D eigenvalue weighted by Crippen LogP contribution is -2.57. The second-order valence-electron chi connectivity index (χ2n) is 35.9. The van der Waals surface area contributed by atoms with Crippen molar-refractivity contribution in [3.63, 3.8) is 0 Å². The normalized spacial score (nSPS) is 21.4. The topological polar surface area (TPSA) is 217 Å². The van der Waals surface area contributed by atoms with E-state index < -0.39 is 53.3 Å². The van der Waals surface area contributed by atoms with Gasteiger partial charge in [0, 0.05) is 172 Å². The number of morpholine rings is 1. The Balaban J connectivity index is 0.000000139. The highest BCUT2D eigenvalue weighted by atomic mass is 35.5. The smallest absolute Gasteiger partial charge is 0.318 e. The molecule has 0 radical (unpaired) electrons. The summed E-state index contributed by atoms with van der Waals surface area (Å²) in [5, 5.41) is 8.40. The average molecular weight is 1870 g/mol. The van der Waals surface area contributed by atoms with Gasteiger partial charge in [-0.3, -0.25) is 24.2 Å². The molecule has 694 valence electrons. The predicted octanol–water partition coefficient (Wildman–Crippen LogP) is 14.2. The SMILES string of the molecule is [C-]#[N+]C[C@H]1CN(c2nc(OCC3CCN3C(C)C)nc3c2CCN(c2cccc4cccc(Cl)c24)C3)CCN1C(=O)C(=C)F.[C-]#[N+]C[C@H]1CN(c2nc(OCC3CCN4CCCC34)nc3c2CCN(c2cccc4cccc(Cl)c24)C3)CCN1C(=O)C(=C)F.[C-]#[N+]C[C@H]1CN(c2nc(OCC3CN(C)CCO3)nc3c2CCN(c2cccc4cccc(Cl)c24)C3)CCN1C(=O)C(=C)F. The summed E-state index contributed by atoms with van der Waals surface area (Å²) in [6.07, 6.45) is 6.62. The molecule has 0 aliphatic carbocycles. The Hall–Kier alpha value is -11.9. The molecule has 133 heavy (non-hydrogen) atoms. The van der Waals surface area contributed by atoms with Crippen LogP contribution in [0.3, 0.4) is 0 Å². The van der Waals surface area contributed by atoms with E-state index in [1.54, 1.807) is 0 Å². The molecule has 34 heteroatoms. The number of likely N-dealkylation sites (N-methyl/N-ethyl adjacent to an activating group) is 1. The van der Waals surface area contributed by atoms with E-state index in [0.717, 1.165) is 159 Å². The van der Waals surface area contributed by atoms with Crippen molar-refractivity contribution in [3.05, 3.63) is 230 Å². The zero-order valence-corrected chi connectivity index (χ0v) is 77.5. The Morgan fingerprint density at radius 2 is 0.835 bits per heavy atom. The average Bonchev–Trinajstić information content (AvgIpc) is 1.30. The maximum atomic E-state index is 13.9. The number of carbonyl (C=O) groups is 3. The quantitative estimate of drug-likeness (QED) is 0.0455. The largest absolute Gasteiger partial charge is 0.463 e. The summed E-state index contributed by atoms with van der Waals surface area (Å²) in [6.45, 7) is 50.6. The summed E-state index contributed by atoms with van der Waals surface area (Å²) in [7, 11) is 2.05. The van der Waals surface area contributed by atoms with Crippen LogP contribution in [0.2, 0.25) is 15.1 Å². The molecule has 9 aromatic rings. The summed E-state index contributed by atoms with van der Waals surface area (Å²) < 4.78 is 66.2. The molecule has 3 amide bonds. The fourth-order valence-corrected chi connectivity index (χ4v) is 21.6. The molecule has 7 saturated heterocycles. The van der Waals surface area contributed by atoms with Crippen LogP contribution in [0.15, 0.2) is 146 Å². The molecule has 13 heterocycles. The minimum atomic E-state index is -1.02. The molecule has 19 rings (SSSR count). The minimum Gasteiger partial charge on any atom is -0.463 e. The van der Waals surface area contributed by atoms with Gasteiger partial charge in [0.25, 0.3) is 17.7 Å². The van der Waals surface area contributed by atoms with Crippen molar-refractivity contribution in [2.24, 2.45) is 5.92 Å². The van der Waals surface area contributed by atoms with Crippen LogP contribution in [0.5, 0.6) is 18.0 Å². The second-order valence-corrected chi connectivity index (χ2v) is 37.1. The van der Waals surface area contributed by atoms with Crippen molar-refractivity contribution < 1.29 is 46.5 Å². The first-order valence-corrected chi connectivity index (χ1v) is 47.0. The fraction of sp³-hybridized carbons (Fsp3) is 0.455.